The highest BCUT2D eigenvalue weighted by molar-refractivity contribution is 5.79. The Balaban J connectivity index is 2.16. The van der Waals surface area contributed by atoms with Gasteiger partial charge in [-0.2, -0.15) is 13.2 Å². The predicted molar refractivity (Wildman–Crippen MR) is 68.6 cm³/mol. The van der Waals surface area contributed by atoms with Crippen LogP contribution in [0.4, 0.5) is 13.2 Å². The molecule has 0 saturated carbocycles. The molecule has 4 nitrogen and oxygen atoms in total. The van der Waals surface area contributed by atoms with Crippen LogP contribution >= 0.6 is 0 Å². The Labute approximate surface area is 120 Å². The minimum absolute atomic E-state index is 0.0572. The number of aliphatic hydroxyl groups is 1. The number of carbonyl (C=O) groups excluding carboxylic acids is 1. The van der Waals surface area contributed by atoms with Crippen molar-refractivity contribution >= 4 is 5.91 Å². The molecule has 0 bridgehead atoms. The van der Waals surface area contributed by atoms with Crippen molar-refractivity contribution in [2.45, 2.75) is 18.6 Å². The summed E-state index contributed by atoms with van der Waals surface area (Å²) in [5.41, 5.74) is -0.856. The van der Waals surface area contributed by atoms with Gasteiger partial charge in [0.05, 0.1) is 37.8 Å². The largest absolute Gasteiger partial charge is 0.416 e. The molecule has 0 aliphatic carbocycles. The van der Waals surface area contributed by atoms with Crippen molar-refractivity contribution in [2.75, 3.05) is 26.4 Å². The smallest absolute Gasteiger partial charge is 0.394 e. The molecule has 1 N–H and O–H groups in total. The van der Waals surface area contributed by atoms with Gasteiger partial charge in [-0.05, 0) is 11.6 Å². The van der Waals surface area contributed by atoms with Crippen molar-refractivity contribution in [3.8, 4) is 0 Å². The minimum Gasteiger partial charge on any atom is -0.394 e. The Bertz CT molecular complexity index is 504. The summed E-state index contributed by atoms with van der Waals surface area (Å²) in [5.74, 6) is -0.436. The highest BCUT2D eigenvalue weighted by Gasteiger charge is 2.34. The fourth-order valence-corrected chi connectivity index (χ4v) is 2.35. The quantitative estimate of drug-likeness (QED) is 0.920. The highest BCUT2D eigenvalue weighted by Crippen LogP contribution is 2.32. The van der Waals surface area contributed by atoms with Gasteiger partial charge in [0.2, 0.25) is 5.91 Å². The molecule has 0 aromatic heterocycles. The summed E-state index contributed by atoms with van der Waals surface area (Å²) in [6, 6.07) is 4.54. The van der Waals surface area contributed by atoms with Crippen LogP contribution in [0.15, 0.2) is 24.3 Å². The number of aliphatic hydroxyl groups excluding tert-OH is 1. The second-order valence-electron chi connectivity index (χ2n) is 4.83. The minimum atomic E-state index is -4.49. The Hall–Kier alpha value is -1.60. The maximum atomic E-state index is 12.9. The van der Waals surface area contributed by atoms with E-state index in [1.807, 2.05) is 0 Å². The van der Waals surface area contributed by atoms with E-state index in [2.05, 4.69) is 0 Å². The van der Waals surface area contributed by atoms with Gasteiger partial charge in [0.25, 0.3) is 0 Å². The molecule has 1 heterocycles. The van der Waals surface area contributed by atoms with Crippen LogP contribution in [0.3, 0.4) is 0 Å². The van der Waals surface area contributed by atoms with Gasteiger partial charge in [0, 0.05) is 6.54 Å². The van der Waals surface area contributed by atoms with Crippen molar-refractivity contribution in [3.05, 3.63) is 35.4 Å². The summed E-state index contributed by atoms with van der Waals surface area (Å²) < 4.78 is 43.8. The monoisotopic (exact) mass is 303 g/mol. The molecule has 1 aromatic rings. The topological polar surface area (TPSA) is 49.8 Å². The summed E-state index contributed by atoms with van der Waals surface area (Å²) in [6.45, 7) is 0.525. The number of amides is 1. The number of hydrogen-bond acceptors (Lipinski definition) is 3. The van der Waals surface area contributed by atoms with Gasteiger partial charge in [0.15, 0.2) is 0 Å². The average Bonchev–Trinajstić information content (AvgIpc) is 2.46. The molecule has 0 spiro atoms. The summed E-state index contributed by atoms with van der Waals surface area (Å²) in [7, 11) is 0. The fourth-order valence-electron chi connectivity index (χ4n) is 2.35. The van der Waals surface area contributed by atoms with Crippen molar-refractivity contribution in [1.82, 2.24) is 4.90 Å². The van der Waals surface area contributed by atoms with E-state index in [0.29, 0.717) is 6.61 Å². The van der Waals surface area contributed by atoms with Crippen molar-refractivity contribution < 1.29 is 27.8 Å². The zero-order chi connectivity index (χ0) is 15.5. The van der Waals surface area contributed by atoms with E-state index in [4.69, 9.17) is 4.74 Å². The first-order chi connectivity index (χ1) is 9.93. The predicted octanol–water partition coefficient (Wildman–Crippen LogP) is 1.47. The van der Waals surface area contributed by atoms with E-state index in [9.17, 15) is 23.1 Å². The molecule has 1 aromatic carbocycles. The lowest BCUT2D eigenvalue weighted by atomic mass is 10.0. The van der Waals surface area contributed by atoms with Gasteiger partial charge in [-0.15, -0.1) is 0 Å². The molecule has 1 atom stereocenters. The van der Waals surface area contributed by atoms with Crippen LogP contribution in [0.25, 0.3) is 0 Å². The maximum Gasteiger partial charge on any atom is 0.416 e. The number of benzene rings is 1. The van der Waals surface area contributed by atoms with Gasteiger partial charge in [0.1, 0.15) is 0 Å². The number of ether oxygens (including phenoxy) is 1. The van der Waals surface area contributed by atoms with E-state index in [1.54, 1.807) is 0 Å². The molecule has 1 saturated heterocycles. The number of hydrogen-bond donors (Lipinski definition) is 1. The number of morpholine rings is 1. The highest BCUT2D eigenvalue weighted by atomic mass is 19.4. The number of nitrogens with zero attached hydrogens (tertiary/aromatic N) is 1. The summed E-state index contributed by atoms with van der Waals surface area (Å²) in [6.07, 6.45) is -4.83. The normalized spacial score (nSPS) is 19.6. The molecular formula is C14H16F3NO3. The van der Waals surface area contributed by atoms with Gasteiger partial charge in [-0.3, -0.25) is 4.79 Å². The second kappa shape index (κ2) is 6.44. The Kier molecular flexibility index (Phi) is 4.84. The van der Waals surface area contributed by atoms with Crippen molar-refractivity contribution in [1.29, 1.82) is 0 Å². The van der Waals surface area contributed by atoms with E-state index in [-0.39, 0.29) is 31.7 Å². The van der Waals surface area contributed by atoms with Crippen LogP contribution in [-0.4, -0.2) is 48.3 Å². The first kappa shape index (κ1) is 15.8. The SMILES string of the molecule is O=C(Cc1ccccc1C(F)(F)F)N1CCOC[C@@H]1CO. The first-order valence-corrected chi connectivity index (χ1v) is 6.56. The van der Waals surface area contributed by atoms with Gasteiger partial charge in [-0.1, -0.05) is 18.2 Å². The molecule has 116 valence electrons. The van der Waals surface area contributed by atoms with Crippen LogP contribution in [0.1, 0.15) is 11.1 Å². The third-order valence-electron chi connectivity index (χ3n) is 3.42. The molecule has 0 radical (unpaired) electrons. The number of carbonyl (C=O) groups is 1. The molecule has 1 aliphatic rings. The number of alkyl halides is 3. The Morgan fingerprint density at radius 1 is 1.38 bits per heavy atom. The second-order valence-corrected chi connectivity index (χ2v) is 4.83. The third kappa shape index (κ3) is 3.74. The lowest BCUT2D eigenvalue weighted by Crippen LogP contribution is -2.51. The number of halogens is 3. The van der Waals surface area contributed by atoms with Crippen LogP contribution in [0.5, 0.6) is 0 Å². The van der Waals surface area contributed by atoms with E-state index >= 15 is 0 Å². The molecule has 7 heteroatoms. The Morgan fingerprint density at radius 3 is 2.76 bits per heavy atom. The molecular weight excluding hydrogens is 287 g/mol. The van der Waals surface area contributed by atoms with Crippen LogP contribution in [0, 0.1) is 0 Å². The molecule has 0 unspecified atom stereocenters. The van der Waals surface area contributed by atoms with E-state index in [0.717, 1.165) is 6.07 Å². The molecule has 2 rings (SSSR count). The summed E-state index contributed by atoms with van der Waals surface area (Å²) >= 11 is 0. The zero-order valence-corrected chi connectivity index (χ0v) is 11.3. The molecule has 1 fully saturated rings. The van der Waals surface area contributed by atoms with E-state index in [1.165, 1.54) is 23.1 Å². The molecule has 1 amide bonds. The standard InChI is InChI=1S/C14H16F3NO3/c15-14(16,17)12-4-2-1-3-10(12)7-13(20)18-5-6-21-9-11(18)8-19/h1-4,11,19H,5-9H2/t11-/m0/s1. The maximum absolute atomic E-state index is 12.9. The van der Waals surface area contributed by atoms with Gasteiger partial charge < -0.3 is 14.7 Å². The number of rotatable bonds is 3. The molecule has 21 heavy (non-hydrogen) atoms. The third-order valence-corrected chi connectivity index (χ3v) is 3.42. The summed E-state index contributed by atoms with van der Waals surface area (Å²) in [4.78, 5) is 13.6. The van der Waals surface area contributed by atoms with Crippen LogP contribution in [-0.2, 0) is 22.1 Å². The Morgan fingerprint density at radius 2 is 2.10 bits per heavy atom. The fraction of sp³-hybridized carbons (Fsp3) is 0.500. The van der Waals surface area contributed by atoms with Gasteiger partial charge >= 0.3 is 6.18 Å². The van der Waals surface area contributed by atoms with E-state index < -0.39 is 23.7 Å². The summed E-state index contributed by atoms with van der Waals surface area (Å²) in [5, 5.41) is 9.21. The molecule has 1 aliphatic heterocycles. The lowest BCUT2D eigenvalue weighted by molar-refractivity contribution is -0.142. The van der Waals surface area contributed by atoms with Crippen molar-refractivity contribution in [3.63, 3.8) is 0 Å². The van der Waals surface area contributed by atoms with Crippen LogP contribution in [0.2, 0.25) is 0 Å². The van der Waals surface area contributed by atoms with Crippen LogP contribution < -0.4 is 0 Å². The van der Waals surface area contributed by atoms with Gasteiger partial charge in [-0.25, -0.2) is 0 Å². The zero-order valence-electron chi connectivity index (χ0n) is 11.3. The first-order valence-electron chi connectivity index (χ1n) is 6.56. The average molecular weight is 303 g/mol. The lowest BCUT2D eigenvalue weighted by Gasteiger charge is -2.34. The van der Waals surface area contributed by atoms with Crippen molar-refractivity contribution in [2.24, 2.45) is 0 Å².